The molecule has 1 saturated heterocycles. The molecule has 7 nitrogen and oxygen atoms in total. The number of rotatable bonds is 6. The highest BCUT2D eigenvalue weighted by atomic mass is 32.1. The Bertz CT molecular complexity index is 1010. The number of amides is 2. The third kappa shape index (κ3) is 4.38. The van der Waals surface area contributed by atoms with E-state index in [1.54, 1.807) is 21.9 Å². The lowest BCUT2D eigenvalue weighted by atomic mass is 10.2. The van der Waals surface area contributed by atoms with Crippen LogP contribution in [-0.2, 0) is 11.2 Å². The van der Waals surface area contributed by atoms with Crippen LogP contribution in [0.2, 0.25) is 0 Å². The first-order valence-electron chi connectivity index (χ1n) is 9.93. The van der Waals surface area contributed by atoms with Gasteiger partial charge in [0, 0.05) is 31.6 Å². The molecule has 0 saturated carbocycles. The maximum atomic E-state index is 12.7. The van der Waals surface area contributed by atoms with Crippen molar-refractivity contribution in [2.24, 2.45) is 0 Å². The molecular weight excluding hydrogens is 402 g/mol. The Morgan fingerprint density at radius 2 is 1.87 bits per heavy atom. The van der Waals surface area contributed by atoms with Crippen molar-refractivity contribution in [3.05, 3.63) is 59.5 Å². The molecule has 2 amide bonds. The quantitative estimate of drug-likeness (QED) is 0.606. The topological polar surface area (TPSA) is 75.9 Å². The van der Waals surface area contributed by atoms with Crippen LogP contribution in [-0.4, -0.2) is 59.4 Å². The molecule has 0 spiro atoms. The van der Waals surface area contributed by atoms with Gasteiger partial charge < -0.3 is 19.0 Å². The highest BCUT2D eigenvalue weighted by molar-refractivity contribution is 7.13. The van der Waals surface area contributed by atoms with Crippen molar-refractivity contribution in [1.29, 1.82) is 0 Å². The zero-order valence-electron chi connectivity index (χ0n) is 16.7. The molecule has 1 aliphatic rings. The van der Waals surface area contributed by atoms with Crippen LogP contribution in [0, 0.1) is 0 Å². The van der Waals surface area contributed by atoms with E-state index in [2.05, 4.69) is 4.98 Å². The van der Waals surface area contributed by atoms with Gasteiger partial charge in [0.05, 0.1) is 30.5 Å². The van der Waals surface area contributed by atoms with Gasteiger partial charge in [0.25, 0.3) is 5.91 Å². The van der Waals surface area contributed by atoms with Crippen LogP contribution >= 0.6 is 11.3 Å². The molecule has 0 radical (unpaired) electrons. The summed E-state index contributed by atoms with van der Waals surface area (Å²) in [5.41, 5.74) is 1.69. The average Bonchev–Trinajstić information content (AvgIpc) is 3.46. The van der Waals surface area contributed by atoms with Gasteiger partial charge in [-0.05, 0) is 31.2 Å². The normalized spacial score (nSPS) is 14.0. The van der Waals surface area contributed by atoms with E-state index < -0.39 is 0 Å². The molecule has 1 fully saturated rings. The van der Waals surface area contributed by atoms with Gasteiger partial charge in [-0.25, -0.2) is 4.98 Å². The minimum atomic E-state index is -0.135. The molecule has 3 heterocycles. The zero-order valence-corrected chi connectivity index (χ0v) is 17.6. The number of thiazole rings is 1. The van der Waals surface area contributed by atoms with Gasteiger partial charge in [-0.15, -0.1) is 11.3 Å². The van der Waals surface area contributed by atoms with Crippen molar-refractivity contribution in [3.63, 3.8) is 0 Å². The lowest BCUT2D eigenvalue weighted by Crippen LogP contribution is -2.50. The minimum Gasteiger partial charge on any atom is -0.493 e. The van der Waals surface area contributed by atoms with Crippen molar-refractivity contribution in [2.75, 3.05) is 32.8 Å². The first-order valence-corrected chi connectivity index (χ1v) is 10.8. The Balaban J connectivity index is 1.35. The number of piperazine rings is 1. The number of carbonyl (C=O) groups is 2. The minimum absolute atomic E-state index is 0.0232. The van der Waals surface area contributed by atoms with Crippen LogP contribution in [0.15, 0.2) is 52.5 Å². The van der Waals surface area contributed by atoms with Crippen LogP contribution in [0.3, 0.4) is 0 Å². The fraction of sp³-hybridized carbons (Fsp3) is 0.318. The number of nitrogens with zero attached hydrogens (tertiary/aromatic N) is 3. The van der Waals surface area contributed by atoms with Crippen molar-refractivity contribution in [1.82, 2.24) is 14.8 Å². The van der Waals surface area contributed by atoms with Crippen LogP contribution in [0.5, 0.6) is 5.75 Å². The number of ether oxygens (including phenoxy) is 1. The van der Waals surface area contributed by atoms with Gasteiger partial charge in [0.2, 0.25) is 5.91 Å². The highest BCUT2D eigenvalue weighted by Gasteiger charge is 2.26. The molecule has 1 aliphatic heterocycles. The smallest absolute Gasteiger partial charge is 0.289 e. The number of carbonyl (C=O) groups excluding carboxylic acids is 2. The zero-order chi connectivity index (χ0) is 20.9. The first kappa shape index (κ1) is 20.2. The molecular formula is C22H23N3O4S. The number of hydrogen-bond acceptors (Lipinski definition) is 6. The number of benzene rings is 1. The van der Waals surface area contributed by atoms with E-state index in [-0.39, 0.29) is 18.2 Å². The molecule has 0 atom stereocenters. The summed E-state index contributed by atoms with van der Waals surface area (Å²) in [5, 5.41) is 2.77. The van der Waals surface area contributed by atoms with Crippen molar-refractivity contribution >= 4 is 23.2 Å². The molecule has 0 unspecified atom stereocenters. The molecule has 0 bridgehead atoms. The van der Waals surface area contributed by atoms with E-state index >= 15 is 0 Å². The number of furan rings is 1. The predicted molar refractivity (Wildman–Crippen MR) is 114 cm³/mol. The van der Waals surface area contributed by atoms with Crippen molar-refractivity contribution < 1.29 is 18.7 Å². The molecule has 2 aromatic heterocycles. The van der Waals surface area contributed by atoms with Gasteiger partial charge in [-0.1, -0.05) is 12.1 Å². The van der Waals surface area contributed by atoms with E-state index in [4.69, 9.17) is 9.15 Å². The Hall–Kier alpha value is -3.13. The second-order valence-corrected chi connectivity index (χ2v) is 7.76. The summed E-state index contributed by atoms with van der Waals surface area (Å²) in [6.07, 6.45) is 1.74. The second kappa shape index (κ2) is 9.13. The van der Waals surface area contributed by atoms with E-state index in [0.717, 1.165) is 22.0 Å². The van der Waals surface area contributed by atoms with Crippen LogP contribution < -0.4 is 4.74 Å². The van der Waals surface area contributed by atoms with E-state index in [1.165, 1.54) is 17.6 Å². The highest BCUT2D eigenvalue weighted by Crippen LogP contribution is 2.32. The monoisotopic (exact) mass is 425 g/mol. The molecule has 3 aromatic rings. The second-order valence-electron chi connectivity index (χ2n) is 6.90. The van der Waals surface area contributed by atoms with Crippen LogP contribution in [0.1, 0.15) is 23.2 Å². The summed E-state index contributed by atoms with van der Waals surface area (Å²) in [6, 6.07) is 11.1. The Kier molecular flexibility index (Phi) is 6.13. The maximum Gasteiger partial charge on any atom is 0.289 e. The van der Waals surface area contributed by atoms with E-state index in [1.807, 2.05) is 36.6 Å². The third-order valence-electron chi connectivity index (χ3n) is 4.95. The summed E-state index contributed by atoms with van der Waals surface area (Å²) in [4.78, 5) is 33.2. The van der Waals surface area contributed by atoms with Gasteiger partial charge in [-0.2, -0.15) is 0 Å². The molecule has 30 heavy (non-hydrogen) atoms. The fourth-order valence-corrected chi connectivity index (χ4v) is 4.27. The fourth-order valence-electron chi connectivity index (χ4n) is 3.42. The maximum absolute atomic E-state index is 12.7. The van der Waals surface area contributed by atoms with Gasteiger partial charge in [0.15, 0.2) is 5.76 Å². The van der Waals surface area contributed by atoms with E-state index in [9.17, 15) is 9.59 Å². The largest absolute Gasteiger partial charge is 0.493 e. The molecule has 0 aliphatic carbocycles. The first-order chi connectivity index (χ1) is 14.7. The number of para-hydroxylation sites is 1. The molecule has 8 heteroatoms. The van der Waals surface area contributed by atoms with Crippen LogP contribution in [0.4, 0.5) is 0 Å². The Morgan fingerprint density at radius 1 is 1.10 bits per heavy atom. The van der Waals surface area contributed by atoms with Crippen LogP contribution in [0.25, 0.3) is 10.6 Å². The van der Waals surface area contributed by atoms with Gasteiger partial charge >= 0.3 is 0 Å². The lowest BCUT2D eigenvalue weighted by molar-refractivity contribution is -0.132. The lowest BCUT2D eigenvalue weighted by Gasteiger charge is -2.34. The summed E-state index contributed by atoms with van der Waals surface area (Å²) in [5.74, 6) is 1.01. The Morgan fingerprint density at radius 3 is 2.60 bits per heavy atom. The number of aromatic nitrogens is 1. The SMILES string of the molecule is CCOc1ccccc1-c1nc(CC(=O)N2CCN(C(=O)c3ccco3)CC2)cs1. The Labute approximate surface area is 178 Å². The standard InChI is InChI=1S/C22H23N3O4S/c1-2-28-18-7-4-3-6-17(18)21-23-16(15-30-21)14-20(26)24-9-11-25(12-10-24)22(27)19-8-5-13-29-19/h3-8,13,15H,2,9-12,14H2,1H3. The predicted octanol–water partition coefficient (Wildman–Crippen LogP) is 3.33. The molecule has 1 aromatic carbocycles. The summed E-state index contributed by atoms with van der Waals surface area (Å²) < 4.78 is 10.9. The number of hydrogen-bond donors (Lipinski definition) is 0. The van der Waals surface area contributed by atoms with Crippen molar-refractivity contribution in [3.8, 4) is 16.3 Å². The summed E-state index contributed by atoms with van der Waals surface area (Å²) in [6.45, 7) is 4.54. The average molecular weight is 426 g/mol. The van der Waals surface area contributed by atoms with Crippen molar-refractivity contribution in [2.45, 2.75) is 13.3 Å². The third-order valence-corrected chi connectivity index (χ3v) is 5.88. The molecule has 0 N–H and O–H groups in total. The summed E-state index contributed by atoms with van der Waals surface area (Å²) in [7, 11) is 0. The molecule has 4 rings (SSSR count). The summed E-state index contributed by atoms with van der Waals surface area (Å²) >= 11 is 1.51. The molecule has 156 valence electrons. The van der Waals surface area contributed by atoms with Gasteiger partial charge in [-0.3, -0.25) is 9.59 Å². The van der Waals surface area contributed by atoms with Gasteiger partial charge in [0.1, 0.15) is 10.8 Å². The van der Waals surface area contributed by atoms with E-state index in [0.29, 0.717) is 38.5 Å².